The van der Waals surface area contributed by atoms with Gasteiger partial charge in [0.1, 0.15) is 6.33 Å². The second-order valence-electron chi connectivity index (χ2n) is 5.42. The van der Waals surface area contributed by atoms with Gasteiger partial charge in [0.05, 0.1) is 12.3 Å². The van der Waals surface area contributed by atoms with Crippen molar-refractivity contribution >= 4 is 12.0 Å². The van der Waals surface area contributed by atoms with E-state index in [1.165, 1.54) is 11.6 Å². The van der Waals surface area contributed by atoms with Gasteiger partial charge in [0, 0.05) is 5.56 Å². The summed E-state index contributed by atoms with van der Waals surface area (Å²) in [6.45, 7) is 8.89. The van der Waals surface area contributed by atoms with Crippen LogP contribution in [0.5, 0.6) is 0 Å². The third-order valence-corrected chi connectivity index (χ3v) is 3.60. The molecule has 0 saturated heterocycles. The maximum absolute atomic E-state index is 10.9. The average Bonchev–Trinajstić information content (AvgIpc) is 3.10. The summed E-state index contributed by atoms with van der Waals surface area (Å²) >= 11 is 0. The molecule has 1 heterocycles. The Bertz CT molecular complexity index is 978. The Morgan fingerprint density at radius 3 is 2.44 bits per heavy atom. The molecule has 122 valence electrons. The number of aromatic nitrogens is 3. The Labute approximate surface area is 144 Å². The van der Waals surface area contributed by atoms with Crippen LogP contribution in [0.3, 0.4) is 0 Å². The molecule has 0 aliphatic heterocycles. The second kappa shape index (κ2) is 6.81. The molecule has 0 saturated carbocycles. The van der Waals surface area contributed by atoms with Crippen LogP contribution in [-0.2, 0) is 4.79 Å². The molecule has 0 unspecified atom stereocenters. The van der Waals surface area contributed by atoms with Gasteiger partial charge in [-0.15, -0.1) is 5.10 Å². The monoisotopic (exact) mass is 330 g/mol. The van der Waals surface area contributed by atoms with Gasteiger partial charge in [0.15, 0.2) is 5.82 Å². The molecular weight excluding hydrogens is 316 g/mol. The molecule has 6 nitrogen and oxygen atoms in total. The highest BCUT2D eigenvalue weighted by molar-refractivity contribution is 5.94. The lowest BCUT2D eigenvalue weighted by atomic mass is 10.1. The molecule has 2 aromatic carbocycles. The van der Waals surface area contributed by atoms with Crippen LogP contribution in [0, 0.1) is 13.5 Å². The first-order valence-electron chi connectivity index (χ1n) is 7.48. The van der Waals surface area contributed by atoms with Crippen molar-refractivity contribution in [1.29, 1.82) is 0 Å². The van der Waals surface area contributed by atoms with Crippen molar-refractivity contribution in [2.24, 2.45) is 0 Å². The molecule has 25 heavy (non-hydrogen) atoms. The van der Waals surface area contributed by atoms with Crippen LogP contribution < -0.4 is 0 Å². The third-order valence-electron chi connectivity index (χ3n) is 3.60. The fraction of sp³-hybridized carbons (Fsp3) is 0.0526. The molecule has 0 radical (unpaired) electrons. The first kappa shape index (κ1) is 16.1. The minimum atomic E-state index is -1.24. The zero-order valence-corrected chi connectivity index (χ0v) is 13.4. The van der Waals surface area contributed by atoms with Gasteiger partial charge in [-0.2, -0.15) is 0 Å². The van der Waals surface area contributed by atoms with Gasteiger partial charge >= 0.3 is 5.97 Å². The second-order valence-corrected chi connectivity index (χ2v) is 5.42. The number of rotatable bonds is 4. The first-order chi connectivity index (χ1) is 12.1. The van der Waals surface area contributed by atoms with E-state index in [0.29, 0.717) is 11.4 Å². The smallest absolute Gasteiger partial charge is 0.333 e. The van der Waals surface area contributed by atoms with Gasteiger partial charge in [0.2, 0.25) is 0 Å². The molecule has 1 aromatic heterocycles. The summed E-state index contributed by atoms with van der Waals surface area (Å²) in [4.78, 5) is 18.2. The van der Waals surface area contributed by atoms with Gasteiger partial charge in [-0.05, 0) is 30.7 Å². The average molecular weight is 330 g/mol. The number of carboxylic acid groups (broad SMARTS) is 1. The van der Waals surface area contributed by atoms with Gasteiger partial charge in [-0.1, -0.05) is 42.0 Å². The van der Waals surface area contributed by atoms with E-state index < -0.39 is 5.97 Å². The van der Waals surface area contributed by atoms with Gasteiger partial charge in [-0.3, -0.25) is 4.79 Å². The minimum Gasteiger partial charge on any atom is -0.486 e. The standard InChI is InChI=1S/C19H14N4O2/c1-13-3-9-16(10-4-13)23-12-21-18(22-23)15-7-5-14(6-8-15)11-17(20-2)19(24)25/h3-12H,1H3,(H,24,25)/b17-11-. The van der Waals surface area contributed by atoms with Crippen molar-refractivity contribution < 1.29 is 9.90 Å². The van der Waals surface area contributed by atoms with Gasteiger partial charge in [-0.25, -0.2) is 14.5 Å². The van der Waals surface area contributed by atoms with Crippen LogP contribution in [-0.4, -0.2) is 25.8 Å². The van der Waals surface area contributed by atoms with E-state index in [-0.39, 0.29) is 5.70 Å². The lowest BCUT2D eigenvalue weighted by Gasteiger charge is -2.01. The molecule has 0 aliphatic carbocycles. The highest BCUT2D eigenvalue weighted by Gasteiger charge is 2.08. The normalized spacial score (nSPS) is 11.1. The summed E-state index contributed by atoms with van der Waals surface area (Å²) in [7, 11) is 0. The zero-order chi connectivity index (χ0) is 17.8. The Morgan fingerprint density at radius 1 is 1.16 bits per heavy atom. The molecule has 0 aliphatic rings. The SMILES string of the molecule is [C-]#[N+]/C(=C\c1ccc(-c2ncn(-c3ccc(C)cc3)n2)cc1)C(=O)O. The zero-order valence-electron chi connectivity index (χ0n) is 13.4. The summed E-state index contributed by atoms with van der Waals surface area (Å²) in [6.07, 6.45) is 2.98. The maximum atomic E-state index is 10.9. The summed E-state index contributed by atoms with van der Waals surface area (Å²) < 4.78 is 1.70. The van der Waals surface area contributed by atoms with Gasteiger partial charge < -0.3 is 5.11 Å². The number of aryl methyl sites for hydroxylation is 1. The molecule has 3 aromatic rings. The highest BCUT2D eigenvalue weighted by Crippen LogP contribution is 2.18. The van der Waals surface area contributed by atoms with E-state index in [9.17, 15) is 4.79 Å². The molecule has 1 N–H and O–H groups in total. The Kier molecular flexibility index (Phi) is 4.40. The van der Waals surface area contributed by atoms with E-state index in [0.717, 1.165) is 11.3 Å². The molecule has 6 heteroatoms. The van der Waals surface area contributed by atoms with Crippen molar-refractivity contribution in [2.45, 2.75) is 6.92 Å². The predicted octanol–water partition coefficient (Wildman–Crippen LogP) is 3.59. The maximum Gasteiger partial charge on any atom is 0.333 e. The summed E-state index contributed by atoms with van der Waals surface area (Å²) in [5.74, 6) is -0.669. The number of carboxylic acids is 1. The van der Waals surface area contributed by atoms with Crippen LogP contribution in [0.15, 0.2) is 60.6 Å². The van der Waals surface area contributed by atoms with Crippen LogP contribution in [0.4, 0.5) is 0 Å². The molecule has 0 spiro atoms. The Hall–Kier alpha value is -3.72. The molecule has 0 amide bonds. The van der Waals surface area contributed by atoms with E-state index in [1.807, 2.05) is 31.2 Å². The number of hydrogen-bond acceptors (Lipinski definition) is 3. The van der Waals surface area contributed by atoms with Gasteiger partial charge in [0.25, 0.3) is 5.70 Å². The topological polar surface area (TPSA) is 72.4 Å². The molecule has 0 bridgehead atoms. The first-order valence-corrected chi connectivity index (χ1v) is 7.48. The Morgan fingerprint density at radius 2 is 1.84 bits per heavy atom. The number of aliphatic carboxylic acids is 1. The summed E-state index contributed by atoms with van der Waals surface area (Å²) in [5, 5.41) is 13.4. The quantitative estimate of drug-likeness (QED) is 0.586. The molecule has 0 atom stereocenters. The largest absolute Gasteiger partial charge is 0.486 e. The Balaban J connectivity index is 1.85. The van der Waals surface area contributed by atoms with Crippen molar-refractivity contribution in [1.82, 2.24) is 14.8 Å². The summed E-state index contributed by atoms with van der Waals surface area (Å²) in [5.41, 5.74) is 3.22. The van der Waals surface area contributed by atoms with Crippen LogP contribution in [0.2, 0.25) is 0 Å². The fourth-order valence-electron chi connectivity index (χ4n) is 2.25. The molecule has 0 fully saturated rings. The number of hydrogen-bond donors (Lipinski definition) is 1. The predicted molar refractivity (Wildman–Crippen MR) is 93.7 cm³/mol. The fourth-order valence-corrected chi connectivity index (χ4v) is 2.25. The summed E-state index contributed by atoms with van der Waals surface area (Å²) in [6, 6.07) is 15.0. The lowest BCUT2D eigenvalue weighted by Crippen LogP contribution is -1.95. The van der Waals surface area contributed by atoms with E-state index in [2.05, 4.69) is 14.9 Å². The minimum absolute atomic E-state index is 0.325. The van der Waals surface area contributed by atoms with Crippen molar-refractivity contribution in [3.05, 3.63) is 83.1 Å². The van der Waals surface area contributed by atoms with E-state index in [4.69, 9.17) is 11.7 Å². The molecule has 3 rings (SSSR count). The van der Waals surface area contributed by atoms with E-state index in [1.54, 1.807) is 35.3 Å². The third kappa shape index (κ3) is 3.62. The number of benzene rings is 2. The van der Waals surface area contributed by atoms with E-state index >= 15 is 0 Å². The number of nitrogens with zero attached hydrogens (tertiary/aromatic N) is 4. The van der Waals surface area contributed by atoms with Crippen LogP contribution in [0.25, 0.3) is 28.0 Å². The van der Waals surface area contributed by atoms with Crippen molar-refractivity contribution in [3.8, 4) is 17.1 Å². The van der Waals surface area contributed by atoms with Crippen molar-refractivity contribution in [2.75, 3.05) is 0 Å². The van der Waals surface area contributed by atoms with Crippen LogP contribution in [0.1, 0.15) is 11.1 Å². The lowest BCUT2D eigenvalue weighted by molar-refractivity contribution is -0.132. The number of carbonyl (C=O) groups is 1. The molecular formula is C19H14N4O2. The van der Waals surface area contributed by atoms with Crippen LogP contribution >= 0.6 is 0 Å². The highest BCUT2D eigenvalue weighted by atomic mass is 16.4. The van der Waals surface area contributed by atoms with Crippen molar-refractivity contribution in [3.63, 3.8) is 0 Å².